The maximum atomic E-state index is 13.0. The molecule has 0 saturated heterocycles. The fourth-order valence-electron chi connectivity index (χ4n) is 1.58. The molecule has 0 spiro atoms. The zero-order chi connectivity index (χ0) is 15.1. The normalized spacial score (nSPS) is 9.86. The van der Waals surface area contributed by atoms with Crippen molar-refractivity contribution in [3.05, 3.63) is 58.6 Å². The molecule has 1 N–H and O–H groups in total. The molecule has 1 heterocycles. The van der Waals surface area contributed by atoms with Gasteiger partial charge in [0, 0.05) is 18.2 Å². The Balaban J connectivity index is 2.01. The molecule has 0 aliphatic rings. The van der Waals surface area contributed by atoms with E-state index in [0.29, 0.717) is 17.7 Å². The first-order valence-corrected chi connectivity index (χ1v) is 6.68. The summed E-state index contributed by atoms with van der Waals surface area (Å²) in [5, 5.41) is 8.74. The smallest absolute Gasteiger partial charge is 0.141 e. The summed E-state index contributed by atoms with van der Waals surface area (Å²) in [6, 6.07) is 6.19. The molecule has 1 aromatic carbocycles. The Labute approximate surface area is 127 Å². The number of ether oxygens (including phenoxy) is 1. The van der Waals surface area contributed by atoms with Crippen molar-refractivity contribution in [3.8, 4) is 17.6 Å². The quantitative estimate of drug-likeness (QED) is 0.882. The van der Waals surface area contributed by atoms with Crippen LogP contribution in [0.2, 0.25) is 5.02 Å². The SMILES string of the molecule is OCCC#Cc1cncc(OCc2ccc(F)c(Cl)c2)c1. The van der Waals surface area contributed by atoms with E-state index >= 15 is 0 Å². The summed E-state index contributed by atoms with van der Waals surface area (Å²) in [7, 11) is 0. The van der Waals surface area contributed by atoms with Crippen LogP contribution >= 0.6 is 11.6 Å². The van der Waals surface area contributed by atoms with Crippen LogP contribution in [-0.2, 0) is 6.61 Å². The van der Waals surface area contributed by atoms with Gasteiger partial charge in [0.15, 0.2) is 0 Å². The molecule has 0 unspecified atom stereocenters. The van der Waals surface area contributed by atoms with Crippen molar-refractivity contribution < 1.29 is 14.2 Å². The lowest BCUT2D eigenvalue weighted by Gasteiger charge is -2.06. The average molecular weight is 306 g/mol. The van der Waals surface area contributed by atoms with E-state index in [2.05, 4.69) is 16.8 Å². The Morgan fingerprint density at radius 3 is 2.90 bits per heavy atom. The molecule has 0 amide bonds. The second-order valence-electron chi connectivity index (χ2n) is 4.22. The minimum absolute atomic E-state index is 0.0297. The van der Waals surface area contributed by atoms with Gasteiger partial charge in [0.1, 0.15) is 18.2 Å². The second kappa shape index (κ2) is 7.63. The lowest BCUT2D eigenvalue weighted by Crippen LogP contribution is -1.97. The van der Waals surface area contributed by atoms with Gasteiger partial charge in [-0.3, -0.25) is 4.98 Å². The first-order chi connectivity index (χ1) is 10.2. The Hall–Kier alpha value is -2.09. The molecule has 0 fully saturated rings. The van der Waals surface area contributed by atoms with Crippen molar-refractivity contribution in [2.45, 2.75) is 13.0 Å². The van der Waals surface area contributed by atoms with Gasteiger partial charge in [0.2, 0.25) is 0 Å². The first kappa shape index (κ1) is 15.3. The minimum atomic E-state index is -0.455. The Kier molecular flexibility index (Phi) is 5.56. The molecule has 0 bridgehead atoms. The van der Waals surface area contributed by atoms with E-state index < -0.39 is 5.82 Å². The number of pyridine rings is 1. The molecule has 0 aliphatic heterocycles. The number of aliphatic hydroxyl groups is 1. The van der Waals surface area contributed by atoms with E-state index in [0.717, 1.165) is 5.56 Å². The minimum Gasteiger partial charge on any atom is -0.487 e. The van der Waals surface area contributed by atoms with Crippen LogP contribution in [0.3, 0.4) is 0 Å². The third kappa shape index (κ3) is 4.75. The van der Waals surface area contributed by atoms with Gasteiger partial charge in [0.05, 0.1) is 17.8 Å². The summed E-state index contributed by atoms with van der Waals surface area (Å²) in [5.41, 5.74) is 1.47. The second-order valence-corrected chi connectivity index (χ2v) is 4.63. The van der Waals surface area contributed by atoms with E-state index in [9.17, 15) is 4.39 Å². The molecular weight excluding hydrogens is 293 g/mol. The van der Waals surface area contributed by atoms with E-state index in [4.69, 9.17) is 21.4 Å². The topological polar surface area (TPSA) is 42.4 Å². The van der Waals surface area contributed by atoms with Gasteiger partial charge in [-0.15, -0.1) is 0 Å². The maximum absolute atomic E-state index is 13.0. The van der Waals surface area contributed by atoms with Crippen LogP contribution in [0.5, 0.6) is 5.75 Å². The summed E-state index contributed by atoms with van der Waals surface area (Å²) in [6.45, 7) is 0.289. The number of nitrogens with zero attached hydrogens (tertiary/aromatic N) is 1. The van der Waals surface area contributed by atoms with Gasteiger partial charge in [-0.2, -0.15) is 0 Å². The van der Waals surface area contributed by atoms with E-state index in [1.54, 1.807) is 24.5 Å². The van der Waals surface area contributed by atoms with Crippen LogP contribution in [-0.4, -0.2) is 16.7 Å². The Morgan fingerprint density at radius 1 is 1.29 bits per heavy atom. The van der Waals surface area contributed by atoms with Crippen LogP contribution in [0.1, 0.15) is 17.5 Å². The Morgan fingerprint density at radius 2 is 2.14 bits per heavy atom. The average Bonchev–Trinajstić information content (AvgIpc) is 2.49. The highest BCUT2D eigenvalue weighted by Crippen LogP contribution is 2.18. The summed E-state index contributed by atoms with van der Waals surface area (Å²) >= 11 is 5.71. The molecule has 108 valence electrons. The number of aliphatic hydroxyl groups excluding tert-OH is 1. The fraction of sp³-hybridized carbons (Fsp3) is 0.188. The number of rotatable bonds is 4. The van der Waals surface area contributed by atoms with Crippen LogP contribution in [0, 0.1) is 17.7 Å². The largest absolute Gasteiger partial charge is 0.487 e. The summed E-state index contributed by atoms with van der Waals surface area (Å²) < 4.78 is 18.6. The van der Waals surface area contributed by atoms with Gasteiger partial charge in [0.25, 0.3) is 0 Å². The molecule has 0 radical (unpaired) electrons. The number of hydrogen-bond acceptors (Lipinski definition) is 3. The molecular formula is C16H13ClFNO2. The molecule has 0 aliphatic carbocycles. The van der Waals surface area contributed by atoms with E-state index in [1.165, 1.54) is 12.1 Å². The van der Waals surface area contributed by atoms with E-state index in [1.807, 2.05) is 0 Å². The van der Waals surface area contributed by atoms with Gasteiger partial charge in [-0.25, -0.2) is 4.39 Å². The third-order valence-electron chi connectivity index (χ3n) is 2.57. The van der Waals surface area contributed by atoms with Crippen LogP contribution < -0.4 is 4.74 Å². The van der Waals surface area contributed by atoms with Gasteiger partial charge in [-0.1, -0.05) is 29.5 Å². The number of hydrogen-bond donors (Lipinski definition) is 1. The molecule has 1 aromatic heterocycles. The predicted octanol–water partition coefficient (Wildman–Crippen LogP) is 3.19. The molecule has 5 heteroatoms. The summed E-state index contributed by atoms with van der Waals surface area (Å²) in [6.07, 6.45) is 3.60. The molecule has 2 rings (SSSR count). The first-order valence-electron chi connectivity index (χ1n) is 6.30. The standard InChI is InChI=1S/C16H13ClFNO2/c17-15-8-13(4-5-16(15)18)11-21-14-7-12(9-19-10-14)3-1-2-6-20/h4-5,7-10,20H,2,6,11H2. The molecule has 0 saturated carbocycles. The van der Waals surface area contributed by atoms with Crippen molar-refractivity contribution in [1.29, 1.82) is 0 Å². The number of benzene rings is 1. The van der Waals surface area contributed by atoms with Crippen molar-refractivity contribution in [3.63, 3.8) is 0 Å². The summed E-state index contributed by atoms with van der Waals surface area (Å²) in [5.74, 6) is 5.79. The monoisotopic (exact) mass is 305 g/mol. The predicted molar refractivity (Wildman–Crippen MR) is 78.6 cm³/mol. The molecule has 21 heavy (non-hydrogen) atoms. The van der Waals surface area contributed by atoms with Crippen molar-refractivity contribution in [2.24, 2.45) is 0 Å². The summed E-state index contributed by atoms with van der Waals surface area (Å²) in [4.78, 5) is 4.03. The zero-order valence-electron chi connectivity index (χ0n) is 11.1. The number of halogens is 2. The molecule has 3 nitrogen and oxygen atoms in total. The van der Waals surface area contributed by atoms with Gasteiger partial charge < -0.3 is 9.84 Å². The van der Waals surface area contributed by atoms with Crippen molar-refractivity contribution >= 4 is 11.6 Å². The molecule has 0 atom stereocenters. The maximum Gasteiger partial charge on any atom is 0.141 e. The fourth-order valence-corrected chi connectivity index (χ4v) is 1.79. The van der Waals surface area contributed by atoms with Crippen LogP contribution in [0.4, 0.5) is 4.39 Å². The van der Waals surface area contributed by atoms with Gasteiger partial charge in [-0.05, 0) is 23.8 Å². The lowest BCUT2D eigenvalue weighted by atomic mass is 10.2. The van der Waals surface area contributed by atoms with E-state index in [-0.39, 0.29) is 18.2 Å². The zero-order valence-corrected chi connectivity index (χ0v) is 11.9. The van der Waals surface area contributed by atoms with Crippen LogP contribution in [0.25, 0.3) is 0 Å². The third-order valence-corrected chi connectivity index (χ3v) is 2.86. The number of aromatic nitrogens is 1. The highest BCUT2D eigenvalue weighted by Gasteiger charge is 2.02. The highest BCUT2D eigenvalue weighted by molar-refractivity contribution is 6.30. The molecule has 2 aromatic rings. The highest BCUT2D eigenvalue weighted by atomic mass is 35.5. The van der Waals surface area contributed by atoms with Crippen LogP contribution in [0.15, 0.2) is 36.7 Å². The Bertz CT molecular complexity index is 679. The van der Waals surface area contributed by atoms with Crippen molar-refractivity contribution in [2.75, 3.05) is 6.61 Å². The van der Waals surface area contributed by atoms with Crippen molar-refractivity contribution in [1.82, 2.24) is 4.98 Å². The lowest BCUT2D eigenvalue weighted by molar-refractivity contribution is 0.304. The van der Waals surface area contributed by atoms with Gasteiger partial charge >= 0.3 is 0 Å².